The van der Waals surface area contributed by atoms with E-state index in [9.17, 15) is 4.79 Å². The number of nitrogens with zero attached hydrogens (tertiary/aromatic N) is 1. The van der Waals surface area contributed by atoms with Gasteiger partial charge in [0.1, 0.15) is 0 Å². The average molecular weight is 284 g/mol. The highest BCUT2D eigenvalue weighted by molar-refractivity contribution is 5.93. The van der Waals surface area contributed by atoms with Gasteiger partial charge >= 0.3 is 0 Å². The van der Waals surface area contributed by atoms with Gasteiger partial charge in [-0.2, -0.15) is 0 Å². The summed E-state index contributed by atoms with van der Waals surface area (Å²) in [6.45, 7) is 3.25. The maximum atomic E-state index is 11.8. The van der Waals surface area contributed by atoms with Crippen LogP contribution >= 0.6 is 0 Å². The molecule has 0 spiro atoms. The molecule has 1 unspecified atom stereocenters. The number of carbonyl (C=O) groups excluding carboxylic acids is 1. The van der Waals surface area contributed by atoms with Crippen molar-refractivity contribution in [1.82, 2.24) is 10.3 Å². The van der Waals surface area contributed by atoms with Gasteiger partial charge in [-0.25, -0.2) is 0 Å². The zero-order chi connectivity index (χ0) is 14.9. The third-order valence-electron chi connectivity index (χ3n) is 3.19. The second-order valence-electron chi connectivity index (χ2n) is 4.77. The van der Waals surface area contributed by atoms with Crippen LogP contribution in [-0.2, 0) is 4.74 Å². The Balaban J connectivity index is 1.63. The first-order chi connectivity index (χ1) is 10.3. The maximum Gasteiger partial charge on any atom is 0.251 e. The summed E-state index contributed by atoms with van der Waals surface area (Å²) in [5, 5.41) is 2.87. The van der Waals surface area contributed by atoms with Crippen molar-refractivity contribution in [3.05, 3.63) is 66.0 Å². The van der Waals surface area contributed by atoms with E-state index in [4.69, 9.17) is 4.74 Å². The number of ether oxygens (including phenoxy) is 1. The van der Waals surface area contributed by atoms with E-state index in [0.717, 1.165) is 6.42 Å². The normalized spacial score (nSPS) is 11.9. The molecular formula is C17H20N2O2. The predicted octanol–water partition coefficient (Wildman–Crippen LogP) is 2.98. The van der Waals surface area contributed by atoms with Crippen molar-refractivity contribution in [3.63, 3.8) is 0 Å². The summed E-state index contributed by atoms with van der Waals surface area (Å²) in [4.78, 5) is 15.7. The molecule has 21 heavy (non-hydrogen) atoms. The van der Waals surface area contributed by atoms with E-state index in [2.05, 4.69) is 22.4 Å². The molecule has 1 aromatic heterocycles. The monoisotopic (exact) mass is 284 g/mol. The molecule has 1 aromatic carbocycles. The van der Waals surface area contributed by atoms with Gasteiger partial charge in [-0.1, -0.05) is 30.3 Å². The number of hydrogen-bond acceptors (Lipinski definition) is 3. The molecule has 0 bridgehead atoms. The molecule has 4 nitrogen and oxygen atoms in total. The third-order valence-corrected chi connectivity index (χ3v) is 3.19. The lowest BCUT2D eigenvalue weighted by molar-refractivity contribution is 0.0635. The SMILES string of the molecule is CC(OCCCNC(=O)c1ccncc1)c1ccccc1. The molecule has 0 radical (unpaired) electrons. The molecule has 2 aromatic rings. The van der Waals surface area contributed by atoms with Crippen LogP contribution in [-0.4, -0.2) is 24.0 Å². The lowest BCUT2D eigenvalue weighted by Crippen LogP contribution is -2.25. The largest absolute Gasteiger partial charge is 0.374 e. The fourth-order valence-corrected chi connectivity index (χ4v) is 1.96. The number of rotatable bonds is 7. The smallest absolute Gasteiger partial charge is 0.251 e. The Labute approximate surface area is 125 Å². The van der Waals surface area contributed by atoms with Crippen LogP contribution in [0.25, 0.3) is 0 Å². The van der Waals surface area contributed by atoms with Crippen molar-refractivity contribution in [2.45, 2.75) is 19.4 Å². The minimum absolute atomic E-state index is 0.0714. The topological polar surface area (TPSA) is 51.2 Å². The van der Waals surface area contributed by atoms with Gasteiger partial charge in [0.05, 0.1) is 6.10 Å². The van der Waals surface area contributed by atoms with E-state index in [1.807, 2.05) is 25.1 Å². The highest BCUT2D eigenvalue weighted by atomic mass is 16.5. The number of carbonyl (C=O) groups is 1. The van der Waals surface area contributed by atoms with Crippen molar-refractivity contribution in [3.8, 4) is 0 Å². The molecule has 1 amide bonds. The van der Waals surface area contributed by atoms with E-state index in [1.54, 1.807) is 24.5 Å². The van der Waals surface area contributed by atoms with Crippen LogP contribution in [0.3, 0.4) is 0 Å². The molecule has 1 heterocycles. The number of nitrogens with one attached hydrogen (secondary N) is 1. The molecule has 1 atom stereocenters. The lowest BCUT2D eigenvalue weighted by atomic mass is 10.1. The summed E-state index contributed by atoms with van der Waals surface area (Å²) in [5.41, 5.74) is 1.79. The summed E-state index contributed by atoms with van der Waals surface area (Å²) in [7, 11) is 0. The minimum Gasteiger partial charge on any atom is -0.374 e. The molecule has 110 valence electrons. The maximum absolute atomic E-state index is 11.8. The quantitative estimate of drug-likeness (QED) is 0.795. The van der Waals surface area contributed by atoms with E-state index < -0.39 is 0 Å². The van der Waals surface area contributed by atoms with Crippen LogP contribution in [0.5, 0.6) is 0 Å². The van der Waals surface area contributed by atoms with Crippen LogP contribution in [0, 0.1) is 0 Å². The Hall–Kier alpha value is -2.20. The minimum atomic E-state index is -0.0755. The van der Waals surface area contributed by atoms with Crippen molar-refractivity contribution >= 4 is 5.91 Å². The second kappa shape index (κ2) is 8.17. The molecule has 0 fully saturated rings. The van der Waals surface area contributed by atoms with Crippen LogP contribution in [0.1, 0.15) is 35.4 Å². The zero-order valence-electron chi connectivity index (χ0n) is 12.2. The number of pyridine rings is 1. The highest BCUT2D eigenvalue weighted by Crippen LogP contribution is 2.15. The van der Waals surface area contributed by atoms with Crippen LogP contribution in [0.15, 0.2) is 54.9 Å². The van der Waals surface area contributed by atoms with Gasteiger partial charge in [-0.05, 0) is 31.0 Å². The van der Waals surface area contributed by atoms with E-state index in [-0.39, 0.29) is 12.0 Å². The fourth-order valence-electron chi connectivity index (χ4n) is 1.96. The van der Waals surface area contributed by atoms with Crippen molar-refractivity contribution < 1.29 is 9.53 Å². The number of benzene rings is 1. The molecule has 4 heteroatoms. The Morgan fingerprint density at radius 2 is 1.90 bits per heavy atom. The molecule has 0 saturated heterocycles. The van der Waals surface area contributed by atoms with Gasteiger partial charge < -0.3 is 10.1 Å². The second-order valence-corrected chi connectivity index (χ2v) is 4.77. The van der Waals surface area contributed by atoms with Gasteiger partial charge in [0.25, 0.3) is 5.91 Å². The fraction of sp³-hybridized carbons (Fsp3) is 0.294. The first-order valence-electron chi connectivity index (χ1n) is 7.12. The summed E-state index contributed by atoms with van der Waals surface area (Å²) in [6.07, 6.45) is 4.08. The lowest BCUT2D eigenvalue weighted by Gasteiger charge is -2.13. The van der Waals surface area contributed by atoms with Gasteiger partial charge in [0.15, 0.2) is 0 Å². The third kappa shape index (κ3) is 5.00. The standard InChI is InChI=1S/C17H20N2O2/c1-14(15-6-3-2-4-7-15)21-13-5-10-19-17(20)16-8-11-18-12-9-16/h2-4,6-9,11-12,14H,5,10,13H2,1H3,(H,19,20). The summed E-state index contributed by atoms with van der Waals surface area (Å²) in [6, 6.07) is 13.5. The predicted molar refractivity (Wildman–Crippen MR) is 82.0 cm³/mol. The molecule has 1 N–H and O–H groups in total. The van der Waals surface area contributed by atoms with Crippen molar-refractivity contribution in [1.29, 1.82) is 0 Å². The summed E-state index contributed by atoms with van der Waals surface area (Å²) < 4.78 is 5.75. The molecule has 0 aliphatic carbocycles. The summed E-state index contributed by atoms with van der Waals surface area (Å²) in [5.74, 6) is -0.0755. The number of aromatic nitrogens is 1. The van der Waals surface area contributed by atoms with Gasteiger partial charge in [-0.3, -0.25) is 9.78 Å². The van der Waals surface area contributed by atoms with Crippen LogP contribution in [0.2, 0.25) is 0 Å². The van der Waals surface area contributed by atoms with Gasteiger partial charge in [0.2, 0.25) is 0 Å². The molecule has 0 aliphatic heterocycles. The number of amides is 1. The Kier molecular flexibility index (Phi) is 5.91. The Morgan fingerprint density at radius 3 is 2.62 bits per heavy atom. The van der Waals surface area contributed by atoms with Gasteiger partial charge in [0, 0.05) is 31.1 Å². The average Bonchev–Trinajstić information content (AvgIpc) is 2.55. The first kappa shape index (κ1) is 15.2. The molecule has 0 aliphatic rings. The van der Waals surface area contributed by atoms with E-state index in [0.29, 0.717) is 18.7 Å². The molecule has 2 rings (SSSR count). The van der Waals surface area contributed by atoms with Crippen LogP contribution in [0.4, 0.5) is 0 Å². The van der Waals surface area contributed by atoms with E-state index in [1.165, 1.54) is 5.56 Å². The van der Waals surface area contributed by atoms with Crippen LogP contribution < -0.4 is 5.32 Å². The van der Waals surface area contributed by atoms with E-state index >= 15 is 0 Å². The Morgan fingerprint density at radius 1 is 1.19 bits per heavy atom. The highest BCUT2D eigenvalue weighted by Gasteiger charge is 2.05. The molecular weight excluding hydrogens is 264 g/mol. The Bertz CT molecular complexity index is 543. The molecule has 0 saturated carbocycles. The summed E-state index contributed by atoms with van der Waals surface area (Å²) >= 11 is 0. The van der Waals surface area contributed by atoms with Crippen molar-refractivity contribution in [2.75, 3.05) is 13.2 Å². The van der Waals surface area contributed by atoms with Gasteiger partial charge in [-0.15, -0.1) is 0 Å². The van der Waals surface area contributed by atoms with Crippen molar-refractivity contribution in [2.24, 2.45) is 0 Å². The zero-order valence-corrected chi connectivity index (χ0v) is 12.2. The number of hydrogen-bond donors (Lipinski definition) is 1. The first-order valence-corrected chi connectivity index (χ1v) is 7.12.